The Hall–Kier alpha value is -1.80. The molecule has 0 saturated heterocycles. The van der Waals surface area contributed by atoms with E-state index in [1.54, 1.807) is 6.08 Å². The van der Waals surface area contributed by atoms with Gasteiger partial charge in [-0.25, -0.2) is 4.57 Å². The predicted octanol–water partition coefficient (Wildman–Crippen LogP) is 9.85. The number of nitrogens with two attached hydrogens (primary N) is 1. The molecule has 2 atom stereocenters. The number of phosphoric acid groups is 1. The Kier molecular flexibility index (Phi) is 33.2. The van der Waals surface area contributed by atoms with Crippen LogP contribution in [0, 0.1) is 0 Å². The molecule has 266 valence electrons. The number of ether oxygens (including phenoxy) is 2. The minimum absolute atomic E-state index is 0.0757. The molecule has 46 heavy (non-hydrogen) atoms. The van der Waals surface area contributed by atoms with Crippen LogP contribution in [0.5, 0.6) is 0 Å². The second kappa shape index (κ2) is 34.5. The summed E-state index contributed by atoms with van der Waals surface area (Å²) in [6, 6.07) is 0. The monoisotopic (exact) mass is 667 g/mol. The van der Waals surface area contributed by atoms with Crippen molar-refractivity contribution in [3.8, 4) is 0 Å². The van der Waals surface area contributed by atoms with Crippen LogP contribution in [-0.2, 0) is 27.9 Å². The maximum Gasteiger partial charge on any atom is 0.472 e. The van der Waals surface area contributed by atoms with E-state index in [0.717, 1.165) is 38.5 Å². The lowest BCUT2D eigenvalue weighted by molar-refractivity contribution is -0.153. The molecule has 0 bridgehead atoms. The van der Waals surface area contributed by atoms with Gasteiger partial charge in [0.15, 0.2) is 0 Å². The molecule has 2 unspecified atom stereocenters. The van der Waals surface area contributed by atoms with Crippen molar-refractivity contribution in [3.63, 3.8) is 0 Å². The molecule has 0 amide bonds. The molecular formula is C37H66NO7P. The van der Waals surface area contributed by atoms with E-state index < -0.39 is 19.9 Å². The fraction of sp³-hybridized carbons (Fsp3) is 0.703. The van der Waals surface area contributed by atoms with Gasteiger partial charge in [-0.1, -0.05) is 145 Å². The van der Waals surface area contributed by atoms with Gasteiger partial charge in [0, 0.05) is 13.2 Å². The first-order chi connectivity index (χ1) is 22.4. The van der Waals surface area contributed by atoms with Crippen LogP contribution in [-0.4, -0.2) is 49.9 Å². The molecule has 0 fully saturated rings. The minimum atomic E-state index is -4.29. The van der Waals surface area contributed by atoms with E-state index >= 15 is 0 Å². The topological polar surface area (TPSA) is 117 Å². The standard InChI is InChI=1S/C37H66NO7P/c1-3-5-7-9-11-13-15-17-18-19-20-22-24-26-28-30-37(39)45-36(35-44-46(40,41)43-33-31-38)34-42-32-29-27-25-23-21-16-14-12-10-8-6-4-2/h5,7,11,13,17-18,20,22,26,28,36H,3-4,6,8-10,12,14-16,19,21,23-25,27,29-35,38H2,1-2H3,(H,40,41)/b7-5-,13-11-,18-17-,22-20-,28-26-. The largest absolute Gasteiger partial charge is 0.472 e. The first-order valence-electron chi connectivity index (χ1n) is 17.8. The van der Waals surface area contributed by atoms with Gasteiger partial charge in [0.05, 0.1) is 26.2 Å². The van der Waals surface area contributed by atoms with E-state index in [1.807, 2.05) is 6.08 Å². The Morgan fingerprint density at radius 1 is 0.652 bits per heavy atom. The fourth-order valence-corrected chi connectivity index (χ4v) is 5.19. The van der Waals surface area contributed by atoms with E-state index in [1.165, 1.54) is 64.2 Å². The first kappa shape index (κ1) is 44.2. The van der Waals surface area contributed by atoms with Crippen LogP contribution in [0.25, 0.3) is 0 Å². The predicted molar refractivity (Wildman–Crippen MR) is 192 cm³/mol. The molecule has 9 heteroatoms. The molecule has 8 nitrogen and oxygen atoms in total. The van der Waals surface area contributed by atoms with Crippen LogP contribution >= 0.6 is 7.82 Å². The molecular weight excluding hydrogens is 601 g/mol. The molecule has 0 spiro atoms. The summed E-state index contributed by atoms with van der Waals surface area (Å²) in [4.78, 5) is 22.3. The molecule has 0 aromatic heterocycles. The molecule has 0 aliphatic carbocycles. The highest BCUT2D eigenvalue weighted by Gasteiger charge is 2.25. The molecule has 0 aromatic carbocycles. The third-order valence-corrected chi connectivity index (χ3v) is 7.97. The SMILES string of the molecule is CC/C=C\C/C=C\C/C=C\C/C=C\C/C=C\CC(=O)OC(COCCCCCCCCCCCCCC)COP(=O)(O)OCCN. The molecule has 0 aliphatic rings. The van der Waals surface area contributed by atoms with E-state index in [4.69, 9.17) is 24.3 Å². The molecule has 0 rings (SSSR count). The average molecular weight is 668 g/mol. The maximum atomic E-state index is 12.4. The molecule has 0 saturated carbocycles. The number of allylic oxidation sites excluding steroid dienone is 9. The van der Waals surface area contributed by atoms with Crippen LogP contribution in [0.15, 0.2) is 60.8 Å². The lowest BCUT2D eigenvalue weighted by Crippen LogP contribution is -2.28. The highest BCUT2D eigenvalue weighted by atomic mass is 31.2. The summed E-state index contributed by atoms with van der Waals surface area (Å²) in [5, 5.41) is 0. The maximum absolute atomic E-state index is 12.4. The molecule has 0 aliphatic heterocycles. The Labute approximate surface area is 281 Å². The van der Waals surface area contributed by atoms with Gasteiger partial charge < -0.3 is 20.1 Å². The average Bonchev–Trinajstić information content (AvgIpc) is 3.04. The summed E-state index contributed by atoms with van der Waals surface area (Å²) in [6.45, 7) is 4.65. The number of carbonyl (C=O) groups excluding carboxylic acids is 1. The summed E-state index contributed by atoms with van der Waals surface area (Å²) in [5.74, 6) is -0.459. The zero-order valence-electron chi connectivity index (χ0n) is 29.0. The zero-order valence-corrected chi connectivity index (χ0v) is 29.9. The smallest absolute Gasteiger partial charge is 0.457 e. The number of unbranched alkanes of at least 4 members (excludes halogenated alkanes) is 11. The van der Waals surface area contributed by atoms with Gasteiger partial charge in [-0.3, -0.25) is 13.8 Å². The van der Waals surface area contributed by atoms with Crippen LogP contribution in [0.3, 0.4) is 0 Å². The quantitative estimate of drug-likeness (QED) is 0.0307. The lowest BCUT2D eigenvalue weighted by Gasteiger charge is -2.19. The minimum Gasteiger partial charge on any atom is -0.457 e. The highest BCUT2D eigenvalue weighted by Crippen LogP contribution is 2.43. The molecule has 0 heterocycles. The highest BCUT2D eigenvalue weighted by molar-refractivity contribution is 7.47. The fourth-order valence-electron chi connectivity index (χ4n) is 4.42. The summed E-state index contributed by atoms with van der Waals surface area (Å²) in [7, 11) is -4.29. The van der Waals surface area contributed by atoms with Crippen molar-refractivity contribution >= 4 is 13.8 Å². The lowest BCUT2D eigenvalue weighted by atomic mass is 10.1. The van der Waals surface area contributed by atoms with Gasteiger partial charge in [-0.05, 0) is 38.5 Å². The third kappa shape index (κ3) is 33.6. The molecule has 0 radical (unpaired) electrons. The van der Waals surface area contributed by atoms with Crippen LogP contribution in [0.4, 0.5) is 0 Å². The van der Waals surface area contributed by atoms with E-state index in [-0.39, 0.29) is 32.8 Å². The third-order valence-electron chi connectivity index (χ3n) is 6.98. The van der Waals surface area contributed by atoms with Crippen LogP contribution in [0.1, 0.15) is 129 Å². The van der Waals surface area contributed by atoms with Crippen molar-refractivity contribution < 1.29 is 32.8 Å². The molecule has 3 N–H and O–H groups in total. The number of hydrogen-bond donors (Lipinski definition) is 2. The Bertz CT molecular complexity index is 885. The summed E-state index contributed by atoms with van der Waals surface area (Å²) < 4.78 is 33.1. The zero-order chi connectivity index (χ0) is 33.8. The Balaban J connectivity index is 4.29. The number of hydrogen-bond acceptors (Lipinski definition) is 7. The van der Waals surface area contributed by atoms with Crippen molar-refractivity contribution in [2.75, 3.05) is 33.0 Å². The van der Waals surface area contributed by atoms with Crippen molar-refractivity contribution in [3.05, 3.63) is 60.8 Å². The summed E-state index contributed by atoms with van der Waals surface area (Å²) in [5.41, 5.74) is 5.33. The van der Waals surface area contributed by atoms with Gasteiger partial charge in [0.2, 0.25) is 0 Å². The normalized spacial score (nSPS) is 14.4. The Morgan fingerprint density at radius 3 is 1.63 bits per heavy atom. The van der Waals surface area contributed by atoms with E-state index in [9.17, 15) is 14.3 Å². The van der Waals surface area contributed by atoms with Gasteiger partial charge in [-0.15, -0.1) is 0 Å². The van der Waals surface area contributed by atoms with Gasteiger partial charge in [0.1, 0.15) is 6.10 Å². The van der Waals surface area contributed by atoms with Crippen molar-refractivity contribution in [2.24, 2.45) is 5.73 Å². The molecule has 0 aromatic rings. The second-order valence-electron chi connectivity index (χ2n) is 11.4. The van der Waals surface area contributed by atoms with Crippen molar-refractivity contribution in [2.45, 2.75) is 136 Å². The van der Waals surface area contributed by atoms with Gasteiger partial charge >= 0.3 is 13.8 Å². The number of carbonyl (C=O) groups is 1. The van der Waals surface area contributed by atoms with E-state index in [2.05, 4.69) is 62.5 Å². The summed E-state index contributed by atoms with van der Waals surface area (Å²) in [6.07, 6.45) is 39.7. The van der Waals surface area contributed by atoms with Crippen LogP contribution in [0.2, 0.25) is 0 Å². The number of phosphoric ester groups is 1. The first-order valence-corrected chi connectivity index (χ1v) is 19.3. The van der Waals surface area contributed by atoms with Gasteiger partial charge in [-0.2, -0.15) is 0 Å². The van der Waals surface area contributed by atoms with E-state index in [0.29, 0.717) is 13.0 Å². The summed E-state index contributed by atoms with van der Waals surface area (Å²) >= 11 is 0. The number of rotatable bonds is 33. The van der Waals surface area contributed by atoms with Crippen LogP contribution < -0.4 is 5.73 Å². The van der Waals surface area contributed by atoms with Crippen molar-refractivity contribution in [1.29, 1.82) is 0 Å². The Morgan fingerprint density at radius 2 is 1.13 bits per heavy atom. The van der Waals surface area contributed by atoms with Gasteiger partial charge in [0.25, 0.3) is 0 Å². The second-order valence-corrected chi connectivity index (χ2v) is 12.8. The van der Waals surface area contributed by atoms with Crippen molar-refractivity contribution in [1.82, 2.24) is 0 Å². The number of esters is 1.